The fourth-order valence-corrected chi connectivity index (χ4v) is 2.55. The smallest absolute Gasteiger partial charge is 0.268 e. The number of rotatable bonds is 6. The highest BCUT2D eigenvalue weighted by Crippen LogP contribution is 2.21. The lowest BCUT2D eigenvalue weighted by Gasteiger charge is -2.18. The quantitative estimate of drug-likeness (QED) is 0.799. The first-order valence-electron chi connectivity index (χ1n) is 7.80. The number of nitrogens with one attached hydrogen (secondary N) is 1. The van der Waals surface area contributed by atoms with Crippen molar-refractivity contribution in [2.45, 2.75) is 26.2 Å². The van der Waals surface area contributed by atoms with E-state index in [-0.39, 0.29) is 11.5 Å². The third-order valence-corrected chi connectivity index (χ3v) is 3.90. The largest absolute Gasteiger partial charge is 0.370 e. The number of nitrogens with zero attached hydrogens (tertiary/aromatic N) is 3. The van der Waals surface area contributed by atoms with Gasteiger partial charge in [0, 0.05) is 39.2 Å². The first kappa shape index (κ1) is 16.3. The molecule has 1 aromatic rings. The van der Waals surface area contributed by atoms with Crippen LogP contribution < -0.4 is 15.8 Å². The van der Waals surface area contributed by atoms with Gasteiger partial charge in [-0.15, -0.1) is 0 Å². The monoisotopic (exact) mass is 304 g/mol. The SMILES string of the molecule is CC/C=C/CC(=O)NC[C@H]1CCN(c2cnn(C)c(=O)c2)C1. The van der Waals surface area contributed by atoms with Crippen LogP contribution in [0.5, 0.6) is 0 Å². The number of aryl methyl sites for hydroxylation is 1. The van der Waals surface area contributed by atoms with Crippen LogP contribution in [0.1, 0.15) is 26.2 Å². The van der Waals surface area contributed by atoms with Crippen molar-refractivity contribution in [3.05, 3.63) is 34.8 Å². The lowest BCUT2D eigenvalue weighted by Crippen LogP contribution is -2.31. The summed E-state index contributed by atoms with van der Waals surface area (Å²) >= 11 is 0. The number of aromatic nitrogens is 2. The highest BCUT2D eigenvalue weighted by molar-refractivity contribution is 5.77. The minimum atomic E-state index is -0.100. The van der Waals surface area contributed by atoms with Gasteiger partial charge in [0.1, 0.15) is 0 Å². The van der Waals surface area contributed by atoms with Crippen molar-refractivity contribution in [1.29, 1.82) is 0 Å². The molecular formula is C16H24N4O2. The first-order valence-corrected chi connectivity index (χ1v) is 7.80. The molecule has 1 aliphatic rings. The Morgan fingerprint density at radius 1 is 1.50 bits per heavy atom. The fraction of sp³-hybridized carbons (Fsp3) is 0.562. The van der Waals surface area contributed by atoms with Crippen LogP contribution in [0.4, 0.5) is 5.69 Å². The molecule has 1 N–H and O–H groups in total. The minimum Gasteiger partial charge on any atom is -0.370 e. The van der Waals surface area contributed by atoms with Crippen LogP contribution in [0.15, 0.2) is 29.2 Å². The van der Waals surface area contributed by atoms with Crippen molar-refractivity contribution in [3.63, 3.8) is 0 Å². The molecule has 22 heavy (non-hydrogen) atoms. The van der Waals surface area contributed by atoms with Crippen molar-refractivity contribution < 1.29 is 4.79 Å². The number of carbonyl (C=O) groups excluding carboxylic acids is 1. The summed E-state index contributed by atoms with van der Waals surface area (Å²) in [5.74, 6) is 0.488. The van der Waals surface area contributed by atoms with Gasteiger partial charge in [-0.3, -0.25) is 9.59 Å². The molecule has 0 saturated carbocycles. The van der Waals surface area contributed by atoms with Crippen LogP contribution in [0.3, 0.4) is 0 Å². The molecule has 1 aliphatic heterocycles. The van der Waals surface area contributed by atoms with Crippen LogP contribution in [-0.4, -0.2) is 35.3 Å². The zero-order valence-corrected chi connectivity index (χ0v) is 13.3. The Balaban J connectivity index is 1.80. The summed E-state index contributed by atoms with van der Waals surface area (Å²) in [6.07, 6.45) is 8.04. The molecule has 1 saturated heterocycles. The lowest BCUT2D eigenvalue weighted by atomic mass is 10.1. The van der Waals surface area contributed by atoms with Gasteiger partial charge in [0.25, 0.3) is 5.56 Å². The summed E-state index contributed by atoms with van der Waals surface area (Å²) in [5, 5.41) is 7.03. The Kier molecular flexibility index (Phi) is 5.75. The number of hydrogen-bond acceptors (Lipinski definition) is 4. The van der Waals surface area contributed by atoms with E-state index in [1.807, 2.05) is 19.1 Å². The molecule has 1 aromatic heterocycles. The number of hydrogen-bond donors (Lipinski definition) is 1. The van der Waals surface area contributed by atoms with Gasteiger partial charge in [-0.05, 0) is 18.8 Å². The molecule has 120 valence electrons. The van der Waals surface area contributed by atoms with E-state index in [9.17, 15) is 9.59 Å². The van der Waals surface area contributed by atoms with Crippen molar-refractivity contribution >= 4 is 11.6 Å². The van der Waals surface area contributed by atoms with Gasteiger partial charge in [0.15, 0.2) is 0 Å². The predicted molar refractivity (Wildman–Crippen MR) is 86.9 cm³/mol. The van der Waals surface area contributed by atoms with Crippen molar-refractivity contribution in [2.24, 2.45) is 13.0 Å². The van der Waals surface area contributed by atoms with E-state index in [4.69, 9.17) is 0 Å². The van der Waals surface area contributed by atoms with Gasteiger partial charge < -0.3 is 10.2 Å². The molecule has 1 atom stereocenters. The normalized spacial score (nSPS) is 18.1. The second-order valence-electron chi connectivity index (χ2n) is 5.66. The molecule has 2 rings (SSSR count). The van der Waals surface area contributed by atoms with E-state index in [0.29, 0.717) is 18.9 Å². The standard InChI is InChI=1S/C16H24N4O2/c1-3-4-5-6-15(21)17-10-13-7-8-20(12-13)14-9-16(22)19(2)18-11-14/h4-5,9,11,13H,3,6-8,10,12H2,1-2H3,(H,17,21)/b5-4+/t13-/m1/s1. The second-order valence-corrected chi connectivity index (χ2v) is 5.66. The van der Waals surface area contributed by atoms with Crippen LogP contribution in [0, 0.1) is 5.92 Å². The highest BCUT2D eigenvalue weighted by atomic mass is 16.1. The van der Waals surface area contributed by atoms with Crippen molar-refractivity contribution in [1.82, 2.24) is 15.1 Å². The molecule has 2 heterocycles. The number of allylic oxidation sites excluding steroid dienone is 1. The van der Waals surface area contributed by atoms with Gasteiger partial charge in [-0.25, -0.2) is 4.68 Å². The van der Waals surface area contributed by atoms with Crippen molar-refractivity contribution in [3.8, 4) is 0 Å². The van der Waals surface area contributed by atoms with Crippen LogP contribution in [0.2, 0.25) is 0 Å². The Bertz CT molecular complexity index is 594. The molecule has 0 spiro atoms. The number of amides is 1. The summed E-state index contributed by atoms with van der Waals surface area (Å²) in [6.45, 7) is 4.48. The van der Waals surface area contributed by atoms with Crippen LogP contribution in [0.25, 0.3) is 0 Å². The molecule has 0 aromatic carbocycles. The average Bonchev–Trinajstić information content (AvgIpc) is 2.97. The Morgan fingerprint density at radius 2 is 2.32 bits per heavy atom. The molecule has 0 bridgehead atoms. The summed E-state index contributed by atoms with van der Waals surface area (Å²) in [7, 11) is 1.64. The Hall–Kier alpha value is -2.11. The maximum Gasteiger partial charge on any atom is 0.268 e. The fourth-order valence-electron chi connectivity index (χ4n) is 2.55. The maximum absolute atomic E-state index is 11.7. The van der Waals surface area contributed by atoms with Gasteiger partial charge in [-0.1, -0.05) is 19.1 Å². The molecule has 0 radical (unpaired) electrons. The average molecular weight is 304 g/mol. The second kappa shape index (κ2) is 7.77. The van der Waals surface area contributed by atoms with Crippen LogP contribution in [-0.2, 0) is 11.8 Å². The number of anilines is 1. The molecule has 6 heteroatoms. The summed E-state index contributed by atoms with van der Waals surface area (Å²) in [6, 6.07) is 1.61. The molecular weight excluding hydrogens is 280 g/mol. The Morgan fingerprint density at radius 3 is 3.05 bits per heavy atom. The molecule has 6 nitrogen and oxygen atoms in total. The summed E-state index contributed by atoms with van der Waals surface area (Å²) in [5.41, 5.74) is 0.764. The van der Waals surface area contributed by atoms with E-state index in [1.54, 1.807) is 19.3 Å². The van der Waals surface area contributed by atoms with E-state index in [0.717, 1.165) is 31.6 Å². The number of carbonyl (C=O) groups is 1. The van der Waals surface area contributed by atoms with Gasteiger partial charge in [0.05, 0.1) is 11.9 Å². The predicted octanol–water partition coefficient (Wildman–Crippen LogP) is 1.08. The summed E-state index contributed by atoms with van der Waals surface area (Å²) in [4.78, 5) is 25.5. The molecule has 0 aliphatic carbocycles. The maximum atomic E-state index is 11.7. The lowest BCUT2D eigenvalue weighted by molar-refractivity contribution is -0.120. The Labute approximate surface area is 130 Å². The minimum absolute atomic E-state index is 0.0680. The van der Waals surface area contributed by atoms with E-state index >= 15 is 0 Å². The third kappa shape index (κ3) is 4.44. The zero-order valence-electron chi connectivity index (χ0n) is 13.3. The first-order chi connectivity index (χ1) is 10.6. The van der Waals surface area contributed by atoms with Gasteiger partial charge >= 0.3 is 0 Å². The van der Waals surface area contributed by atoms with Crippen molar-refractivity contribution in [2.75, 3.05) is 24.5 Å². The van der Waals surface area contributed by atoms with E-state index < -0.39 is 0 Å². The van der Waals surface area contributed by atoms with Gasteiger partial charge in [0.2, 0.25) is 5.91 Å². The topological polar surface area (TPSA) is 67.2 Å². The zero-order chi connectivity index (χ0) is 15.9. The summed E-state index contributed by atoms with van der Waals surface area (Å²) < 4.78 is 1.32. The van der Waals surface area contributed by atoms with Crippen LogP contribution >= 0.6 is 0 Å². The highest BCUT2D eigenvalue weighted by Gasteiger charge is 2.23. The third-order valence-electron chi connectivity index (χ3n) is 3.90. The molecule has 0 unspecified atom stereocenters. The van der Waals surface area contributed by atoms with E-state index in [1.165, 1.54) is 4.68 Å². The molecule has 1 fully saturated rings. The molecule has 1 amide bonds. The van der Waals surface area contributed by atoms with E-state index in [2.05, 4.69) is 15.3 Å². The van der Waals surface area contributed by atoms with Gasteiger partial charge in [-0.2, -0.15) is 5.10 Å².